The van der Waals surface area contributed by atoms with Gasteiger partial charge in [-0.2, -0.15) is 0 Å². The second-order valence-corrected chi connectivity index (χ2v) is 8.22. The highest BCUT2D eigenvalue weighted by Gasteiger charge is 2.33. The van der Waals surface area contributed by atoms with Gasteiger partial charge in [0.05, 0.1) is 18.1 Å². The van der Waals surface area contributed by atoms with Crippen LogP contribution in [0.2, 0.25) is 0 Å². The Hall–Kier alpha value is -2.33. The molecule has 1 heterocycles. The van der Waals surface area contributed by atoms with Crippen molar-refractivity contribution in [2.75, 3.05) is 26.3 Å². The van der Waals surface area contributed by atoms with Gasteiger partial charge in [0.25, 0.3) is 0 Å². The fourth-order valence-corrected chi connectivity index (χ4v) is 3.83. The first-order chi connectivity index (χ1) is 12.9. The average Bonchev–Trinajstić information content (AvgIpc) is 3.45. The summed E-state index contributed by atoms with van der Waals surface area (Å²) in [6.07, 6.45) is 2.17. The number of hydrogen-bond donors (Lipinski definition) is 2. The zero-order valence-electron chi connectivity index (χ0n) is 14.7. The maximum atomic E-state index is 12.5. The van der Waals surface area contributed by atoms with E-state index in [1.54, 1.807) is 6.07 Å². The highest BCUT2D eigenvalue weighted by molar-refractivity contribution is 7.89. The highest BCUT2D eigenvalue weighted by Crippen LogP contribution is 2.32. The van der Waals surface area contributed by atoms with Crippen LogP contribution >= 0.6 is 0 Å². The van der Waals surface area contributed by atoms with E-state index in [0.717, 1.165) is 12.8 Å². The van der Waals surface area contributed by atoms with Crippen molar-refractivity contribution in [1.29, 1.82) is 0 Å². The van der Waals surface area contributed by atoms with Gasteiger partial charge in [0, 0.05) is 31.5 Å². The van der Waals surface area contributed by atoms with Gasteiger partial charge in [-0.05, 0) is 25.0 Å². The number of aliphatic carboxylic acids is 1. The number of carbonyl (C=O) groups is 2. The van der Waals surface area contributed by atoms with Crippen LogP contribution in [0.5, 0.6) is 11.5 Å². The first kappa shape index (κ1) is 19.4. The number of carboxylic acids is 1. The van der Waals surface area contributed by atoms with E-state index in [-0.39, 0.29) is 36.4 Å². The van der Waals surface area contributed by atoms with Gasteiger partial charge in [-0.15, -0.1) is 0 Å². The second-order valence-electron chi connectivity index (χ2n) is 6.45. The molecule has 1 fully saturated rings. The summed E-state index contributed by atoms with van der Waals surface area (Å²) < 4.78 is 38.3. The van der Waals surface area contributed by atoms with E-state index in [2.05, 4.69) is 4.72 Å². The lowest BCUT2D eigenvalue weighted by atomic mass is 10.3. The Kier molecular flexibility index (Phi) is 5.85. The molecular weight excluding hydrogens is 376 g/mol. The lowest BCUT2D eigenvalue weighted by molar-refractivity contribution is -0.144. The van der Waals surface area contributed by atoms with Gasteiger partial charge in [0.15, 0.2) is 11.5 Å². The minimum atomic E-state index is -3.83. The molecule has 0 saturated heterocycles. The number of carbonyl (C=O) groups excluding carboxylic acids is 1. The monoisotopic (exact) mass is 398 g/mol. The maximum absolute atomic E-state index is 12.5. The molecule has 0 atom stereocenters. The molecule has 1 saturated carbocycles. The number of ether oxygens (including phenoxy) is 2. The third kappa shape index (κ3) is 5.10. The standard InChI is InChI=1S/C17H22N2O7S/c20-16(19(11-17(21)22)12-2-3-12)6-7-18-27(23,24)13-4-5-14-15(10-13)26-9-1-8-25-14/h4-5,10,12,18H,1-3,6-9,11H2,(H,21,22). The molecule has 148 valence electrons. The molecule has 1 amide bonds. The molecule has 0 aromatic heterocycles. The Bertz CT molecular complexity index is 821. The zero-order valence-corrected chi connectivity index (χ0v) is 15.5. The molecule has 1 aromatic rings. The van der Waals surface area contributed by atoms with E-state index in [1.807, 2.05) is 0 Å². The number of hydrogen-bond acceptors (Lipinski definition) is 6. The number of nitrogens with one attached hydrogen (secondary N) is 1. The van der Waals surface area contributed by atoms with Crippen molar-refractivity contribution < 1.29 is 32.6 Å². The van der Waals surface area contributed by atoms with Crippen LogP contribution in [0, 0.1) is 0 Å². The fraction of sp³-hybridized carbons (Fsp3) is 0.529. The topological polar surface area (TPSA) is 122 Å². The Morgan fingerprint density at radius 1 is 1.19 bits per heavy atom. The van der Waals surface area contributed by atoms with E-state index in [1.165, 1.54) is 17.0 Å². The highest BCUT2D eigenvalue weighted by atomic mass is 32.2. The lowest BCUT2D eigenvalue weighted by Crippen LogP contribution is -2.39. The first-order valence-electron chi connectivity index (χ1n) is 8.77. The number of benzene rings is 1. The van der Waals surface area contributed by atoms with Crippen molar-refractivity contribution in [2.45, 2.75) is 36.6 Å². The second kappa shape index (κ2) is 8.13. The van der Waals surface area contributed by atoms with Crippen LogP contribution in [0.3, 0.4) is 0 Å². The molecule has 0 bridgehead atoms. The van der Waals surface area contributed by atoms with Crippen LogP contribution in [0.1, 0.15) is 25.7 Å². The maximum Gasteiger partial charge on any atom is 0.323 e. The average molecular weight is 398 g/mol. The van der Waals surface area contributed by atoms with E-state index in [9.17, 15) is 18.0 Å². The van der Waals surface area contributed by atoms with Crippen LogP contribution in [-0.4, -0.2) is 62.6 Å². The van der Waals surface area contributed by atoms with Crippen molar-refractivity contribution in [3.63, 3.8) is 0 Å². The SMILES string of the molecule is O=C(O)CN(C(=O)CCNS(=O)(=O)c1ccc2c(c1)OCCCO2)C1CC1. The van der Waals surface area contributed by atoms with Crippen molar-refractivity contribution in [3.8, 4) is 11.5 Å². The van der Waals surface area contributed by atoms with E-state index in [0.29, 0.717) is 31.1 Å². The molecule has 1 aliphatic carbocycles. The van der Waals surface area contributed by atoms with Gasteiger partial charge in [-0.3, -0.25) is 9.59 Å². The van der Waals surface area contributed by atoms with Crippen LogP contribution < -0.4 is 14.2 Å². The zero-order chi connectivity index (χ0) is 19.4. The smallest absolute Gasteiger partial charge is 0.323 e. The predicted molar refractivity (Wildman–Crippen MR) is 94.2 cm³/mol. The van der Waals surface area contributed by atoms with Crippen molar-refractivity contribution >= 4 is 21.9 Å². The third-order valence-corrected chi connectivity index (χ3v) is 5.73. The first-order valence-corrected chi connectivity index (χ1v) is 10.3. The van der Waals surface area contributed by atoms with Gasteiger partial charge in [-0.1, -0.05) is 0 Å². The Morgan fingerprint density at radius 3 is 2.56 bits per heavy atom. The van der Waals surface area contributed by atoms with Crippen LogP contribution in [-0.2, 0) is 19.6 Å². The summed E-state index contributed by atoms with van der Waals surface area (Å²) in [7, 11) is -3.83. The molecule has 27 heavy (non-hydrogen) atoms. The molecular formula is C17H22N2O7S. The minimum Gasteiger partial charge on any atom is -0.490 e. The molecule has 1 aliphatic heterocycles. The molecule has 10 heteroatoms. The van der Waals surface area contributed by atoms with Crippen molar-refractivity contribution in [3.05, 3.63) is 18.2 Å². The Morgan fingerprint density at radius 2 is 1.89 bits per heavy atom. The summed E-state index contributed by atoms with van der Waals surface area (Å²) in [5, 5.41) is 8.90. The summed E-state index contributed by atoms with van der Waals surface area (Å²) in [6, 6.07) is 4.30. The number of rotatable bonds is 8. The molecule has 2 aliphatic rings. The molecule has 1 aromatic carbocycles. The van der Waals surface area contributed by atoms with Gasteiger partial charge in [-0.25, -0.2) is 13.1 Å². The summed E-state index contributed by atoms with van der Waals surface area (Å²) in [5.74, 6) is -0.590. The van der Waals surface area contributed by atoms with E-state index in [4.69, 9.17) is 14.6 Å². The molecule has 0 unspecified atom stereocenters. The van der Waals surface area contributed by atoms with E-state index < -0.39 is 16.0 Å². The quantitative estimate of drug-likeness (QED) is 0.657. The van der Waals surface area contributed by atoms with Gasteiger partial charge < -0.3 is 19.5 Å². The Balaban J connectivity index is 1.59. The fourth-order valence-electron chi connectivity index (χ4n) is 2.78. The third-order valence-electron chi connectivity index (χ3n) is 4.27. The van der Waals surface area contributed by atoms with Crippen LogP contribution in [0.25, 0.3) is 0 Å². The normalized spacial score (nSPS) is 16.4. The summed E-state index contributed by atoms with van der Waals surface area (Å²) in [5.41, 5.74) is 0. The number of sulfonamides is 1. The van der Waals surface area contributed by atoms with Gasteiger partial charge in [0.1, 0.15) is 6.54 Å². The van der Waals surface area contributed by atoms with Crippen molar-refractivity contribution in [1.82, 2.24) is 9.62 Å². The molecule has 2 N–H and O–H groups in total. The number of amides is 1. The number of nitrogens with zero attached hydrogens (tertiary/aromatic N) is 1. The summed E-state index contributed by atoms with van der Waals surface area (Å²) >= 11 is 0. The lowest BCUT2D eigenvalue weighted by Gasteiger charge is -2.20. The predicted octanol–water partition coefficient (Wildman–Crippen LogP) is 0.592. The molecule has 3 rings (SSSR count). The summed E-state index contributed by atoms with van der Waals surface area (Å²) in [4.78, 5) is 24.4. The minimum absolute atomic E-state index is 0.0174. The largest absolute Gasteiger partial charge is 0.490 e. The van der Waals surface area contributed by atoms with Crippen LogP contribution in [0.15, 0.2) is 23.1 Å². The molecule has 0 radical (unpaired) electrons. The Labute approximate surface area is 157 Å². The molecule has 9 nitrogen and oxygen atoms in total. The van der Waals surface area contributed by atoms with E-state index >= 15 is 0 Å². The number of fused-ring (bicyclic) bond motifs is 1. The summed E-state index contributed by atoms with van der Waals surface area (Å²) in [6.45, 7) is 0.475. The van der Waals surface area contributed by atoms with Crippen molar-refractivity contribution in [2.24, 2.45) is 0 Å². The van der Waals surface area contributed by atoms with Crippen LogP contribution in [0.4, 0.5) is 0 Å². The van der Waals surface area contributed by atoms with Gasteiger partial charge >= 0.3 is 5.97 Å². The van der Waals surface area contributed by atoms with Gasteiger partial charge in [0.2, 0.25) is 15.9 Å². The molecule has 0 spiro atoms. The number of carboxylic acid groups (broad SMARTS) is 1.